The van der Waals surface area contributed by atoms with Crippen molar-refractivity contribution in [3.8, 4) is 0 Å². The lowest BCUT2D eigenvalue weighted by atomic mass is 10.0. The third kappa shape index (κ3) is 22.9. The molecule has 5 N–H and O–H groups in total. The molecule has 0 saturated carbocycles. The first kappa shape index (κ1) is 29.0. The molecule has 0 aromatic heterocycles. The van der Waals surface area contributed by atoms with Crippen molar-refractivity contribution < 1.29 is 35.1 Å². The molecule has 0 heterocycles. The molecule has 0 fully saturated rings. The van der Waals surface area contributed by atoms with Crippen molar-refractivity contribution in [1.29, 1.82) is 0 Å². The third-order valence-electron chi connectivity index (χ3n) is 4.57. The van der Waals surface area contributed by atoms with Crippen LogP contribution in [0, 0.1) is 0 Å². The number of hydrogen-bond donors (Lipinski definition) is 5. The number of aliphatic hydroxyl groups excluding tert-OH is 3. The molecule has 2 atom stereocenters. The van der Waals surface area contributed by atoms with Crippen molar-refractivity contribution in [2.24, 2.45) is 0 Å². The molecule has 0 aliphatic heterocycles. The molecular formula is C21H42O7. The van der Waals surface area contributed by atoms with Crippen molar-refractivity contribution in [3.63, 3.8) is 0 Å². The van der Waals surface area contributed by atoms with E-state index in [0.717, 1.165) is 12.8 Å². The second kappa shape index (κ2) is 22.1. The molecule has 28 heavy (non-hydrogen) atoms. The van der Waals surface area contributed by atoms with E-state index in [-0.39, 0.29) is 0 Å². The molecule has 2 unspecified atom stereocenters. The number of carbonyl (C=O) groups is 2. The van der Waals surface area contributed by atoms with Crippen molar-refractivity contribution in [3.05, 3.63) is 0 Å². The van der Waals surface area contributed by atoms with Gasteiger partial charge >= 0.3 is 11.9 Å². The van der Waals surface area contributed by atoms with Crippen LogP contribution in [0.25, 0.3) is 0 Å². The van der Waals surface area contributed by atoms with Crippen LogP contribution in [0.2, 0.25) is 0 Å². The SMILES string of the molecule is CCCCCCCCCCCCCCCCC(O)C(=O)O.O=C(O)C(O)CO. The van der Waals surface area contributed by atoms with Gasteiger partial charge in [-0.3, -0.25) is 0 Å². The van der Waals surface area contributed by atoms with Gasteiger partial charge in [-0.1, -0.05) is 96.8 Å². The first-order valence-electron chi connectivity index (χ1n) is 10.8. The van der Waals surface area contributed by atoms with Crippen molar-refractivity contribution in [2.75, 3.05) is 6.61 Å². The zero-order valence-electron chi connectivity index (χ0n) is 17.5. The van der Waals surface area contributed by atoms with Gasteiger partial charge in [-0.25, -0.2) is 9.59 Å². The zero-order valence-corrected chi connectivity index (χ0v) is 17.5. The number of carboxylic acids is 2. The summed E-state index contributed by atoms with van der Waals surface area (Å²) < 4.78 is 0. The van der Waals surface area contributed by atoms with Crippen LogP contribution in [-0.2, 0) is 9.59 Å². The largest absolute Gasteiger partial charge is 0.479 e. The number of unbranched alkanes of at least 4 members (excludes halogenated alkanes) is 13. The normalized spacial score (nSPS) is 12.7. The third-order valence-corrected chi connectivity index (χ3v) is 4.57. The Balaban J connectivity index is 0. The van der Waals surface area contributed by atoms with Crippen LogP contribution in [0.3, 0.4) is 0 Å². The topological polar surface area (TPSA) is 135 Å². The maximum absolute atomic E-state index is 10.4. The minimum Gasteiger partial charge on any atom is -0.479 e. The predicted octanol–water partition coefficient (Wildman–Crippen LogP) is 3.73. The standard InChI is InChI=1S/C18H36O3.C3H6O4/c1-2-3-4-5-6-7-8-9-10-11-12-13-14-15-16-17(19)18(20)21;4-1-2(5)3(6)7/h17,19H,2-16H2,1H3,(H,20,21);2,4-5H,1H2,(H,6,7). The molecule has 0 bridgehead atoms. The fourth-order valence-electron chi connectivity index (χ4n) is 2.73. The second-order valence-electron chi connectivity index (χ2n) is 7.28. The molecule has 0 aliphatic rings. The van der Waals surface area contributed by atoms with Gasteiger partial charge < -0.3 is 25.5 Å². The Morgan fingerprint density at radius 1 is 0.607 bits per heavy atom. The molecule has 0 aromatic carbocycles. The Labute approximate surface area is 169 Å². The fraction of sp³-hybridized carbons (Fsp3) is 0.905. The second-order valence-corrected chi connectivity index (χ2v) is 7.28. The lowest BCUT2D eigenvalue weighted by molar-refractivity contribution is -0.148. The Hall–Kier alpha value is -1.18. The molecule has 0 rings (SSSR count). The van der Waals surface area contributed by atoms with Crippen LogP contribution in [0.1, 0.15) is 103 Å². The van der Waals surface area contributed by atoms with E-state index in [1.807, 2.05) is 0 Å². The Kier molecular flexibility index (Phi) is 22.9. The van der Waals surface area contributed by atoms with Crippen LogP contribution in [0.15, 0.2) is 0 Å². The van der Waals surface area contributed by atoms with Crippen LogP contribution < -0.4 is 0 Å². The average molecular weight is 407 g/mol. The zero-order chi connectivity index (χ0) is 21.6. The van der Waals surface area contributed by atoms with Crippen molar-refractivity contribution in [1.82, 2.24) is 0 Å². The number of hydrogen-bond acceptors (Lipinski definition) is 5. The van der Waals surface area contributed by atoms with Crippen LogP contribution >= 0.6 is 0 Å². The first-order chi connectivity index (χ1) is 13.4. The lowest BCUT2D eigenvalue weighted by Gasteiger charge is -2.05. The van der Waals surface area contributed by atoms with E-state index in [0.29, 0.717) is 6.42 Å². The summed E-state index contributed by atoms with van der Waals surface area (Å²) in [6.45, 7) is 1.53. The molecule has 0 amide bonds. The quantitative estimate of drug-likeness (QED) is 0.219. The van der Waals surface area contributed by atoms with Crippen LogP contribution in [0.4, 0.5) is 0 Å². The summed E-state index contributed by atoms with van der Waals surface area (Å²) in [5.41, 5.74) is 0. The van der Waals surface area contributed by atoms with E-state index in [2.05, 4.69) is 6.92 Å². The molecule has 0 aromatic rings. The lowest BCUT2D eigenvalue weighted by Crippen LogP contribution is -2.22. The summed E-state index contributed by atoms with van der Waals surface area (Å²) in [6.07, 6.45) is 15.6. The minimum atomic E-state index is -1.63. The van der Waals surface area contributed by atoms with Gasteiger partial charge in [0, 0.05) is 0 Å². The number of aliphatic carboxylic acids is 2. The minimum absolute atomic E-state index is 0.396. The molecule has 0 spiro atoms. The molecular weight excluding hydrogens is 364 g/mol. The van der Waals surface area contributed by atoms with Crippen molar-refractivity contribution in [2.45, 2.75) is 115 Å². The summed E-state index contributed by atoms with van der Waals surface area (Å²) in [5, 5.41) is 41.4. The van der Waals surface area contributed by atoms with Crippen LogP contribution in [0.5, 0.6) is 0 Å². The summed E-state index contributed by atoms with van der Waals surface area (Å²) in [4.78, 5) is 19.9. The van der Waals surface area contributed by atoms with Gasteiger partial charge in [-0.05, 0) is 6.42 Å². The smallest absolute Gasteiger partial charge is 0.334 e. The maximum Gasteiger partial charge on any atom is 0.334 e. The fourth-order valence-corrected chi connectivity index (χ4v) is 2.73. The molecule has 0 radical (unpaired) electrons. The summed E-state index contributed by atoms with van der Waals surface area (Å²) in [7, 11) is 0. The highest BCUT2D eigenvalue weighted by Crippen LogP contribution is 2.13. The van der Waals surface area contributed by atoms with Gasteiger partial charge in [0.25, 0.3) is 0 Å². The van der Waals surface area contributed by atoms with Crippen LogP contribution in [-0.4, -0.2) is 56.3 Å². The first-order valence-corrected chi connectivity index (χ1v) is 10.8. The van der Waals surface area contributed by atoms with E-state index in [1.54, 1.807) is 0 Å². The number of rotatable bonds is 18. The molecule has 7 heteroatoms. The molecule has 7 nitrogen and oxygen atoms in total. The van der Waals surface area contributed by atoms with E-state index in [1.165, 1.54) is 77.0 Å². The number of aliphatic hydroxyl groups is 3. The Bertz CT molecular complexity index is 361. The summed E-state index contributed by atoms with van der Waals surface area (Å²) in [5.74, 6) is -2.49. The monoisotopic (exact) mass is 406 g/mol. The van der Waals surface area contributed by atoms with E-state index in [9.17, 15) is 9.59 Å². The summed E-state index contributed by atoms with van der Waals surface area (Å²) >= 11 is 0. The van der Waals surface area contributed by atoms with Gasteiger partial charge in [0.1, 0.15) is 0 Å². The van der Waals surface area contributed by atoms with E-state index in [4.69, 9.17) is 25.5 Å². The Morgan fingerprint density at radius 3 is 1.18 bits per heavy atom. The van der Waals surface area contributed by atoms with Crippen molar-refractivity contribution >= 4 is 11.9 Å². The Morgan fingerprint density at radius 2 is 0.929 bits per heavy atom. The molecule has 0 aliphatic carbocycles. The highest BCUT2D eigenvalue weighted by molar-refractivity contribution is 5.72. The van der Waals surface area contributed by atoms with Gasteiger partial charge in [0.15, 0.2) is 12.2 Å². The highest BCUT2D eigenvalue weighted by Gasteiger charge is 2.11. The molecule has 0 saturated heterocycles. The maximum atomic E-state index is 10.4. The van der Waals surface area contributed by atoms with E-state index < -0.39 is 30.8 Å². The highest BCUT2D eigenvalue weighted by atomic mass is 16.4. The van der Waals surface area contributed by atoms with Gasteiger partial charge in [-0.2, -0.15) is 0 Å². The van der Waals surface area contributed by atoms with Gasteiger partial charge in [0.05, 0.1) is 6.61 Å². The van der Waals surface area contributed by atoms with Gasteiger partial charge in [0.2, 0.25) is 0 Å². The number of carboxylic acid groups (broad SMARTS) is 2. The van der Waals surface area contributed by atoms with E-state index >= 15 is 0 Å². The average Bonchev–Trinajstić information content (AvgIpc) is 2.67. The molecule has 168 valence electrons. The van der Waals surface area contributed by atoms with Gasteiger partial charge in [-0.15, -0.1) is 0 Å². The predicted molar refractivity (Wildman–Crippen MR) is 109 cm³/mol. The summed E-state index contributed by atoms with van der Waals surface area (Å²) in [6, 6.07) is 0.